The number of rotatable bonds is 6. The molecule has 1 heteroatoms. The van der Waals surface area contributed by atoms with Gasteiger partial charge in [-0.15, -0.1) is 0 Å². The van der Waals surface area contributed by atoms with Crippen LogP contribution in [0.15, 0.2) is 200 Å². The van der Waals surface area contributed by atoms with Crippen molar-refractivity contribution in [3.63, 3.8) is 0 Å². The smallest absolute Gasteiger partial charge is 0.0812 e. The van der Waals surface area contributed by atoms with Crippen molar-refractivity contribution in [1.29, 1.82) is 0 Å². The zero-order valence-electron chi connectivity index (χ0n) is 28.1. The summed E-state index contributed by atoms with van der Waals surface area (Å²) in [6.45, 7) is 0. The van der Waals surface area contributed by atoms with Gasteiger partial charge in [0.15, 0.2) is 0 Å². The van der Waals surface area contributed by atoms with Crippen molar-refractivity contribution in [3.05, 3.63) is 200 Å². The summed E-state index contributed by atoms with van der Waals surface area (Å²) in [6, 6.07) is 71.9. The number of hydrogen-bond donors (Lipinski definition) is 0. The molecule has 0 heterocycles. The summed E-state index contributed by atoms with van der Waals surface area (Å²) in [7, 11) is 6.81. The van der Waals surface area contributed by atoms with Crippen LogP contribution in [0.2, 0.25) is 0 Å². The molecule has 0 spiro atoms. The van der Waals surface area contributed by atoms with E-state index in [-0.39, 0.29) is 0 Å². The van der Waals surface area contributed by atoms with Crippen molar-refractivity contribution in [2.45, 2.75) is 0 Å². The zero-order chi connectivity index (χ0) is 34.1. The van der Waals surface area contributed by atoms with E-state index < -0.39 is 0 Å². The average Bonchev–Trinajstić information content (AvgIpc) is 3.21. The van der Waals surface area contributed by atoms with Crippen LogP contribution >= 0.6 is 0 Å². The molecule has 0 aromatic heterocycles. The maximum absolute atomic E-state index is 6.81. The van der Waals surface area contributed by atoms with Crippen molar-refractivity contribution in [2.75, 3.05) is 0 Å². The van der Waals surface area contributed by atoms with Gasteiger partial charge in [0.1, 0.15) is 7.85 Å². The lowest BCUT2D eigenvalue weighted by molar-refractivity contribution is 1.53. The highest BCUT2D eigenvalue weighted by Crippen LogP contribution is 2.50. The topological polar surface area (TPSA) is 0 Å². The largest absolute Gasteiger partial charge is 0.115 e. The Morgan fingerprint density at radius 2 is 0.588 bits per heavy atom. The second-order valence-corrected chi connectivity index (χ2v) is 13.0. The quantitative estimate of drug-likeness (QED) is 0.125. The van der Waals surface area contributed by atoms with Crippen molar-refractivity contribution >= 4 is 34.9 Å². The lowest BCUT2D eigenvalue weighted by Gasteiger charge is -2.25. The van der Waals surface area contributed by atoms with Gasteiger partial charge in [0.05, 0.1) is 0 Å². The molecule has 9 aromatic carbocycles. The first kappa shape index (κ1) is 30.6. The number of benzene rings is 9. The van der Waals surface area contributed by atoms with Crippen molar-refractivity contribution < 1.29 is 0 Å². The minimum Gasteiger partial charge on any atom is -0.0812 e. The predicted molar refractivity (Wildman–Crippen MR) is 219 cm³/mol. The van der Waals surface area contributed by atoms with Gasteiger partial charge >= 0.3 is 0 Å². The highest BCUT2D eigenvalue weighted by atomic mass is 14.3. The fourth-order valence-corrected chi connectivity index (χ4v) is 7.77. The molecular weight excluding hydrogens is 611 g/mol. The minimum absolute atomic E-state index is 0.823. The van der Waals surface area contributed by atoms with Gasteiger partial charge in [-0.1, -0.05) is 194 Å². The fraction of sp³-hybridized carbons (Fsp3) is 0. The van der Waals surface area contributed by atoms with Gasteiger partial charge in [0.2, 0.25) is 0 Å². The summed E-state index contributed by atoms with van der Waals surface area (Å²) in [4.78, 5) is 0. The molecule has 0 saturated heterocycles. The van der Waals surface area contributed by atoms with Gasteiger partial charge in [-0.25, -0.2) is 0 Å². The Morgan fingerprint density at radius 3 is 1.08 bits per heavy atom. The third-order valence-corrected chi connectivity index (χ3v) is 10.0. The summed E-state index contributed by atoms with van der Waals surface area (Å²) in [5.41, 5.74) is 15.1. The summed E-state index contributed by atoms with van der Waals surface area (Å²) in [6.07, 6.45) is 0. The molecular formula is C50H33B. The maximum atomic E-state index is 6.81. The van der Waals surface area contributed by atoms with Crippen LogP contribution in [0.5, 0.6) is 0 Å². The van der Waals surface area contributed by atoms with Gasteiger partial charge in [-0.3, -0.25) is 0 Å². The standard InChI is InChI=1S/C50H33B/c51-50-42-30-15-13-28-40(42)46(41-29-14-16-31-43(41)50)39-27-17-26-38(32-39)45-33-44(34-18-5-1-6-19-34)47(35-20-7-2-8-21-35)49(37-24-11-4-12-25-37)48(45)36-22-9-3-10-23-36/h1-33H. The average molecular weight is 645 g/mol. The lowest BCUT2D eigenvalue weighted by atomic mass is 9.78. The number of hydrogen-bond acceptors (Lipinski definition) is 0. The molecule has 51 heavy (non-hydrogen) atoms. The fourth-order valence-electron chi connectivity index (χ4n) is 7.77. The monoisotopic (exact) mass is 644 g/mol. The molecule has 0 aliphatic rings. The molecule has 0 N–H and O–H groups in total. The van der Waals surface area contributed by atoms with Gasteiger partial charge < -0.3 is 0 Å². The van der Waals surface area contributed by atoms with Crippen LogP contribution in [-0.2, 0) is 0 Å². The summed E-state index contributed by atoms with van der Waals surface area (Å²) in [5, 5.41) is 4.46. The Bertz CT molecular complexity index is 2600. The van der Waals surface area contributed by atoms with E-state index in [2.05, 4.69) is 200 Å². The highest BCUT2D eigenvalue weighted by molar-refractivity contribution is 6.46. The Balaban J connectivity index is 1.42. The second kappa shape index (κ2) is 13.1. The third-order valence-electron chi connectivity index (χ3n) is 10.0. The molecule has 2 radical (unpaired) electrons. The predicted octanol–water partition coefficient (Wildman–Crippen LogP) is 12.8. The number of fused-ring (bicyclic) bond motifs is 2. The third kappa shape index (κ3) is 5.45. The van der Waals surface area contributed by atoms with E-state index in [0.29, 0.717) is 0 Å². The molecule has 0 fully saturated rings. The molecule has 0 atom stereocenters. The Kier molecular flexibility index (Phi) is 7.87. The van der Waals surface area contributed by atoms with Crippen LogP contribution in [-0.4, -0.2) is 7.85 Å². The summed E-state index contributed by atoms with van der Waals surface area (Å²) in [5.74, 6) is 0. The lowest BCUT2D eigenvalue weighted by Crippen LogP contribution is -2.07. The molecule has 236 valence electrons. The van der Waals surface area contributed by atoms with E-state index in [9.17, 15) is 0 Å². The molecule has 0 saturated carbocycles. The van der Waals surface area contributed by atoms with Gasteiger partial charge in [-0.2, -0.15) is 0 Å². The first-order valence-corrected chi connectivity index (χ1v) is 17.5. The Labute approximate surface area is 300 Å². The second-order valence-electron chi connectivity index (χ2n) is 13.0. The van der Waals surface area contributed by atoms with Crippen molar-refractivity contribution in [1.82, 2.24) is 0 Å². The first-order valence-electron chi connectivity index (χ1n) is 17.5. The van der Waals surface area contributed by atoms with E-state index >= 15 is 0 Å². The molecule has 9 rings (SSSR count). The summed E-state index contributed by atoms with van der Waals surface area (Å²) >= 11 is 0. The molecule has 0 unspecified atom stereocenters. The van der Waals surface area contributed by atoms with Gasteiger partial charge in [0.25, 0.3) is 0 Å². The van der Waals surface area contributed by atoms with E-state index in [0.717, 1.165) is 38.1 Å². The Hall–Kier alpha value is -6.44. The van der Waals surface area contributed by atoms with Crippen LogP contribution < -0.4 is 5.46 Å². The van der Waals surface area contributed by atoms with E-state index in [1.807, 2.05) is 0 Å². The van der Waals surface area contributed by atoms with Gasteiger partial charge in [-0.05, 0) is 100 Å². The molecule has 9 aromatic rings. The van der Waals surface area contributed by atoms with Crippen LogP contribution in [0.3, 0.4) is 0 Å². The summed E-state index contributed by atoms with van der Waals surface area (Å²) < 4.78 is 0. The Morgan fingerprint density at radius 1 is 0.235 bits per heavy atom. The molecule has 0 amide bonds. The van der Waals surface area contributed by atoms with Crippen molar-refractivity contribution in [3.8, 4) is 66.8 Å². The van der Waals surface area contributed by atoms with E-state index in [1.54, 1.807) is 0 Å². The van der Waals surface area contributed by atoms with Crippen LogP contribution in [0, 0.1) is 0 Å². The normalized spacial score (nSPS) is 11.2. The molecule has 0 aliphatic carbocycles. The van der Waals surface area contributed by atoms with Gasteiger partial charge in [0, 0.05) is 0 Å². The molecule has 0 aliphatic heterocycles. The van der Waals surface area contributed by atoms with Crippen LogP contribution in [0.1, 0.15) is 0 Å². The maximum Gasteiger partial charge on any atom is 0.115 e. The highest BCUT2D eigenvalue weighted by Gasteiger charge is 2.24. The SMILES string of the molecule is [B]c1c2ccccc2c(-c2cccc(-c3cc(-c4ccccc4)c(-c4ccccc4)c(-c4ccccc4)c3-c3ccccc3)c2)c2ccccc12. The van der Waals surface area contributed by atoms with Crippen molar-refractivity contribution in [2.24, 2.45) is 0 Å². The zero-order valence-corrected chi connectivity index (χ0v) is 28.1. The van der Waals surface area contributed by atoms with E-state index in [1.165, 1.54) is 55.6 Å². The molecule has 0 bridgehead atoms. The first-order chi connectivity index (χ1) is 25.3. The van der Waals surface area contributed by atoms with E-state index in [4.69, 9.17) is 7.85 Å². The molecule has 0 nitrogen and oxygen atoms in total. The minimum atomic E-state index is 0.823. The van der Waals surface area contributed by atoms with Crippen LogP contribution in [0.4, 0.5) is 0 Å². The van der Waals surface area contributed by atoms with Crippen LogP contribution in [0.25, 0.3) is 88.3 Å².